The van der Waals surface area contributed by atoms with E-state index in [1.165, 1.54) is 6.42 Å². The molecule has 0 saturated carbocycles. The van der Waals surface area contributed by atoms with Gasteiger partial charge in [0, 0.05) is 20.2 Å². The van der Waals surface area contributed by atoms with Gasteiger partial charge in [0.15, 0.2) is 5.65 Å². The van der Waals surface area contributed by atoms with E-state index in [-0.39, 0.29) is 12.1 Å². The molecule has 0 aliphatic carbocycles. The number of nitrogens with zero attached hydrogens (tertiary/aromatic N) is 4. The SMILES string of the molecule is CN(CC1CCCCO1)c1nc(N)nc2[nH]ncc12. The van der Waals surface area contributed by atoms with Crippen LogP contribution in [0.3, 0.4) is 0 Å². The number of nitrogens with two attached hydrogens (primary N) is 1. The number of ether oxygens (including phenoxy) is 1. The molecule has 1 atom stereocenters. The van der Waals surface area contributed by atoms with Crippen LogP contribution in [0, 0.1) is 0 Å². The lowest BCUT2D eigenvalue weighted by Crippen LogP contribution is -2.34. The molecule has 0 amide bonds. The normalized spacial score (nSPS) is 19.7. The van der Waals surface area contributed by atoms with Crippen molar-refractivity contribution in [1.82, 2.24) is 20.2 Å². The maximum absolute atomic E-state index is 5.75. The van der Waals surface area contributed by atoms with Crippen molar-refractivity contribution in [2.24, 2.45) is 0 Å². The third-order valence-electron chi connectivity index (χ3n) is 3.42. The van der Waals surface area contributed by atoms with Crippen LogP contribution in [0.5, 0.6) is 0 Å². The van der Waals surface area contributed by atoms with Crippen LogP contribution in [0.15, 0.2) is 6.20 Å². The standard InChI is InChI=1S/C12H18N6O/c1-18(7-8-4-2-3-5-19-8)11-9-6-14-17-10(9)15-12(13)16-11/h6,8H,2-5,7H2,1H3,(H3,13,14,15,16,17). The minimum Gasteiger partial charge on any atom is -0.376 e. The lowest BCUT2D eigenvalue weighted by molar-refractivity contribution is 0.0215. The van der Waals surface area contributed by atoms with Gasteiger partial charge in [-0.25, -0.2) is 0 Å². The second-order valence-electron chi connectivity index (χ2n) is 4.91. The fraction of sp³-hybridized carbons (Fsp3) is 0.583. The van der Waals surface area contributed by atoms with E-state index < -0.39 is 0 Å². The maximum Gasteiger partial charge on any atom is 0.224 e. The Morgan fingerprint density at radius 2 is 2.37 bits per heavy atom. The number of hydrogen-bond donors (Lipinski definition) is 2. The summed E-state index contributed by atoms with van der Waals surface area (Å²) in [6.07, 6.45) is 5.47. The Balaban J connectivity index is 1.83. The molecule has 102 valence electrons. The Morgan fingerprint density at radius 3 is 3.16 bits per heavy atom. The molecule has 1 unspecified atom stereocenters. The average Bonchev–Trinajstić information content (AvgIpc) is 2.86. The molecule has 0 bridgehead atoms. The molecule has 19 heavy (non-hydrogen) atoms. The van der Waals surface area contributed by atoms with Crippen LogP contribution in [0.4, 0.5) is 11.8 Å². The Hall–Kier alpha value is -1.89. The van der Waals surface area contributed by atoms with Crippen molar-refractivity contribution in [3.8, 4) is 0 Å². The van der Waals surface area contributed by atoms with Gasteiger partial charge in [-0.05, 0) is 19.3 Å². The van der Waals surface area contributed by atoms with Crippen LogP contribution in [0.2, 0.25) is 0 Å². The molecular formula is C12H18N6O. The topological polar surface area (TPSA) is 93.0 Å². The summed E-state index contributed by atoms with van der Waals surface area (Å²) in [5.74, 6) is 1.05. The number of likely N-dealkylation sites (N-methyl/N-ethyl adjacent to an activating group) is 1. The summed E-state index contributed by atoms with van der Waals surface area (Å²) in [6, 6.07) is 0. The largest absolute Gasteiger partial charge is 0.376 e. The van der Waals surface area contributed by atoms with Crippen molar-refractivity contribution in [2.75, 3.05) is 30.8 Å². The van der Waals surface area contributed by atoms with Gasteiger partial charge in [-0.3, -0.25) is 5.10 Å². The number of aromatic nitrogens is 4. The fourth-order valence-electron chi connectivity index (χ4n) is 2.47. The summed E-state index contributed by atoms with van der Waals surface area (Å²) in [7, 11) is 1.99. The zero-order valence-electron chi connectivity index (χ0n) is 11.0. The van der Waals surface area contributed by atoms with Crippen molar-refractivity contribution >= 4 is 22.8 Å². The van der Waals surface area contributed by atoms with Gasteiger partial charge in [0.2, 0.25) is 5.95 Å². The van der Waals surface area contributed by atoms with Crippen LogP contribution < -0.4 is 10.6 Å². The molecule has 7 heteroatoms. The highest BCUT2D eigenvalue weighted by Gasteiger charge is 2.19. The first-order valence-corrected chi connectivity index (χ1v) is 6.53. The molecule has 3 heterocycles. The Labute approximate surface area is 111 Å². The van der Waals surface area contributed by atoms with Crippen LogP contribution in [-0.2, 0) is 4.74 Å². The summed E-state index contributed by atoms with van der Waals surface area (Å²) in [5.41, 5.74) is 6.39. The van der Waals surface area contributed by atoms with Crippen molar-refractivity contribution in [1.29, 1.82) is 0 Å². The predicted octanol–water partition coefficient (Wildman–Crippen LogP) is 0.940. The molecule has 2 aromatic heterocycles. The van der Waals surface area contributed by atoms with Gasteiger partial charge >= 0.3 is 0 Å². The smallest absolute Gasteiger partial charge is 0.224 e. The second-order valence-corrected chi connectivity index (χ2v) is 4.91. The van der Waals surface area contributed by atoms with Gasteiger partial charge in [-0.15, -0.1) is 0 Å². The molecule has 1 aliphatic rings. The number of anilines is 2. The molecular weight excluding hydrogens is 244 g/mol. The maximum atomic E-state index is 5.75. The van der Waals surface area contributed by atoms with E-state index in [0.717, 1.165) is 37.2 Å². The van der Waals surface area contributed by atoms with Crippen molar-refractivity contribution in [3.63, 3.8) is 0 Å². The van der Waals surface area contributed by atoms with Crippen LogP contribution in [0.25, 0.3) is 11.0 Å². The monoisotopic (exact) mass is 262 g/mol. The minimum atomic E-state index is 0.253. The number of aromatic amines is 1. The third-order valence-corrected chi connectivity index (χ3v) is 3.42. The van der Waals surface area contributed by atoms with E-state index in [1.54, 1.807) is 6.20 Å². The molecule has 3 N–H and O–H groups in total. The summed E-state index contributed by atoms with van der Waals surface area (Å²) >= 11 is 0. The quantitative estimate of drug-likeness (QED) is 0.855. The van der Waals surface area contributed by atoms with E-state index >= 15 is 0 Å². The first-order chi connectivity index (χ1) is 9.24. The van der Waals surface area contributed by atoms with Gasteiger partial charge in [-0.2, -0.15) is 15.1 Å². The van der Waals surface area contributed by atoms with E-state index in [0.29, 0.717) is 5.65 Å². The van der Waals surface area contributed by atoms with Crippen LogP contribution in [0.1, 0.15) is 19.3 Å². The zero-order chi connectivity index (χ0) is 13.2. The summed E-state index contributed by atoms with van der Waals surface area (Å²) in [4.78, 5) is 10.5. The molecule has 1 fully saturated rings. The highest BCUT2D eigenvalue weighted by Crippen LogP contribution is 2.23. The Morgan fingerprint density at radius 1 is 1.47 bits per heavy atom. The van der Waals surface area contributed by atoms with Gasteiger partial charge in [0.25, 0.3) is 0 Å². The first-order valence-electron chi connectivity index (χ1n) is 6.53. The summed E-state index contributed by atoms with van der Waals surface area (Å²) in [5, 5.41) is 7.69. The van der Waals surface area contributed by atoms with Crippen molar-refractivity contribution < 1.29 is 4.74 Å². The van der Waals surface area contributed by atoms with Crippen LogP contribution in [-0.4, -0.2) is 46.5 Å². The summed E-state index contributed by atoms with van der Waals surface area (Å²) in [6.45, 7) is 1.66. The van der Waals surface area contributed by atoms with Gasteiger partial charge in [0.05, 0.1) is 17.7 Å². The number of hydrogen-bond acceptors (Lipinski definition) is 6. The van der Waals surface area contributed by atoms with Gasteiger partial charge in [0.1, 0.15) is 5.82 Å². The highest BCUT2D eigenvalue weighted by atomic mass is 16.5. The molecule has 0 aromatic carbocycles. The Kier molecular flexibility index (Phi) is 3.20. The van der Waals surface area contributed by atoms with E-state index in [9.17, 15) is 0 Å². The minimum absolute atomic E-state index is 0.253. The molecule has 0 radical (unpaired) electrons. The number of H-pyrrole nitrogens is 1. The average molecular weight is 262 g/mol. The molecule has 1 saturated heterocycles. The fourth-order valence-corrected chi connectivity index (χ4v) is 2.47. The lowest BCUT2D eigenvalue weighted by Gasteiger charge is -2.28. The van der Waals surface area contributed by atoms with Gasteiger partial charge in [-0.1, -0.05) is 0 Å². The highest BCUT2D eigenvalue weighted by molar-refractivity contribution is 5.87. The van der Waals surface area contributed by atoms with Crippen molar-refractivity contribution in [3.05, 3.63) is 6.20 Å². The lowest BCUT2D eigenvalue weighted by atomic mass is 10.1. The molecule has 2 aromatic rings. The van der Waals surface area contributed by atoms with E-state index in [4.69, 9.17) is 10.5 Å². The number of rotatable bonds is 3. The van der Waals surface area contributed by atoms with E-state index in [1.807, 2.05) is 7.05 Å². The number of fused-ring (bicyclic) bond motifs is 1. The van der Waals surface area contributed by atoms with Gasteiger partial charge < -0.3 is 15.4 Å². The molecule has 1 aliphatic heterocycles. The summed E-state index contributed by atoms with van der Waals surface area (Å²) < 4.78 is 5.75. The molecule has 3 rings (SSSR count). The number of nitrogens with one attached hydrogen (secondary N) is 1. The second kappa shape index (κ2) is 5.00. The first kappa shape index (κ1) is 12.2. The van der Waals surface area contributed by atoms with E-state index in [2.05, 4.69) is 25.1 Å². The molecule has 0 spiro atoms. The molecule has 7 nitrogen and oxygen atoms in total. The Bertz CT molecular complexity index is 562. The zero-order valence-corrected chi connectivity index (χ0v) is 11.0. The van der Waals surface area contributed by atoms with Crippen molar-refractivity contribution in [2.45, 2.75) is 25.4 Å². The van der Waals surface area contributed by atoms with Crippen LogP contribution >= 0.6 is 0 Å². The predicted molar refractivity (Wildman–Crippen MR) is 73.0 cm³/mol. The number of nitrogen functional groups attached to an aromatic ring is 1. The third kappa shape index (κ3) is 2.46.